The molecule has 0 aromatic heterocycles. The van der Waals surface area contributed by atoms with E-state index in [4.69, 9.17) is 0 Å². The largest absolute Gasteiger partial charge is 0.449 e. The second-order valence-electron chi connectivity index (χ2n) is 2.92. The molecule has 1 rings (SSSR count). The lowest BCUT2D eigenvalue weighted by atomic mass is 10.2. The van der Waals surface area contributed by atoms with Crippen molar-refractivity contribution >= 4 is 12.0 Å². The molecule has 0 aliphatic rings. The van der Waals surface area contributed by atoms with Gasteiger partial charge in [0.1, 0.15) is 0 Å². The summed E-state index contributed by atoms with van der Waals surface area (Å²) in [6, 6.07) is 6.25. The highest BCUT2D eigenvalue weighted by atomic mass is 32.2. The van der Waals surface area contributed by atoms with Crippen molar-refractivity contribution in [3.05, 3.63) is 47.7 Å². The van der Waals surface area contributed by atoms with Crippen LogP contribution in [0.3, 0.4) is 0 Å². The van der Waals surface area contributed by atoms with Gasteiger partial charge in [0.05, 0.1) is 17.8 Å². The van der Waals surface area contributed by atoms with Crippen LogP contribution in [0.5, 0.6) is 0 Å². The quantitative estimate of drug-likeness (QED) is 0.452. The molecule has 0 N–H and O–H groups in total. The minimum Gasteiger partial charge on any atom is -0.394 e. The lowest BCUT2D eigenvalue weighted by Crippen LogP contribution is -2.09. The Morgan fingerprint density at radius 3 is 2.24 bits per heavy atom. The molecule has 0 unspecified atom stereocenters. The Morgan fingerprint density at radius 2 is 1.71 bits per heavy atom. The number of hydrogen-bond acceptors (Lipinski definition) is 2. The summed E-state index contributed by atoms with van der Waals surface area (Å²) in [5, 5.41) is 0. The van der Waals surface area contributed by atoms with Gasteiger partial charge in [0, 0.05) is 0 Å². The summed E-state index contributed by atoms with van der Waals surface area (Å²) in [5.74, 6) is -2.75. The summed E-state index contributed by atoms with van der Waals surface area (Å²) in [4.78, 5) is 0. The number of alkyl halides is 3. The van der Waals surface area contributed by atoms with E-state index in [9.17, 15) is 22.0 Å². The Kier molecular flexibility index (Phi) is 4.80. The first-order valence-electron chi connectivity index (χ1n) is 4.37. The molecule has 0 saturated heterocycles. The molecular weight excluding hydrogens is 263 g/mol. The molecule has 1 aromatic rings. The molecule has 7 heteroatoms. The second kappa shape index (κ2) is 5.90. The monoisotopic (exact) mass is 270 g/mol. The van der Waals surface area contributed by atoms with E-state index in [1.54, 1.807) is 30.3 Å². The van der Waals surface area contributed by atoms with Gasteiger partial charge >= 0.3 is 12.2 Å². The maximum absolute atomic E-state index is 12.5. The fourth-order valence-corrected chi connectivity index (χ4v) is 1.44. The van der Waals surface area contributed by atoms with Gasteiger partial charge in [-0.3, -0.25) is 0 Å². The standard InChI is InChI=1S/C10H7F5OS/c11-8(10(13,14)15)9(12)16-17-6-7-4-2-1-3-5-7/h1-5H,6H2/b9-8-. The number of benzene rings is 1. The molecule has 0 bridgehead atoms. The number of allylic oxidation sites excluding steroid dienone is 1. The van der Waals surface area contributed by atoms with Crippen LogP contribution in [0.25, 0.3) is 0 Å². The van der Waals surface area contributed by atoms with Crippen molar-refractivity contribution in [2.75, 3.05) is 0 Å². The number of halogens is 5. The van der Waals surface area contributed by atoms with E-state index in [-0.39, 0.29) is 5.75 Å². The van der Waals surface area contributed by atoms with Gasteiger partial charge in [-0.1, -0.05) is 30.3 Å². The first kappa shape index (κ1) is 13.8. The molecule has 0 spiro atoms. The highest BCUT2D eigenvalue weighted by Crippen LogP contribution is 2.32. The van der Waals surface area contributed by atoms with Gasteiger partial charge in [-0.05, 0) is 5.56 Å². The summed E-state index contributed by atoms with van der Waals surface area (Å²) in [5.41, 5.74) is 0.720. The zero-order chi connectivity index (χ0) is 12.9. The molecule has 0 saturated carbocycles. The van der Waals surface area contributed by atoms with Gasteiger partial charge in [-0.15, -0.1) is 0 Å². The third-order valence-corrected chi connectivity index (χ3v) is 2.34. The second-order valence-corrected chi connectivity index (χ2v) is 3.61. The Hall–Kier alpha value is -1.24. The summed E-state index contributed by atoms with van der Waals surface area (Å²) in [6.07, 6.45) is -5.36. The van der Waals surface area contributed by atoms with E-state index < -0.39 is 18.0 Å². The molecule has 1 nitrogen and oxygen atoms in total. The molecule has 94 valence electrons. The first-order chi connectivity index (χ1) is 7.91. The summed E-state index contributed by atoms with van der Waals surface area (Å²) in [7, 11) is 0. The van der Waals surface area contributed by atoms with E-state index in [0.29, 0.717) is 12.0 Å². The Morgan fingerprint density at radius 1 is 1.12 bits per heavy atom. The van der Waals surface area contributed by atoms with Gasteiger partial charge < -0.3 is 4.18 Å². The Bertz CT molecular complexity index is 387. The van der Waals surface area contributed by atoms with E-state index in [1.165, 1.54) is 0 Å². The molecule has 1 aromatic carbocycles. The molecule has 0 fully saturated rings. The van der Waals surface area contributed by atoms with Crippen LogP contribution in [0.15, 0.2) is 42.2 Å². The predicted octanol–water partition coefficient (Wildman–Crippen LogP) is 4.52. The minimum atomic E-state index is -5.36. The van der Waals surface area contributed by atoms with Gasteiger partial charge in [-0.25, -0.2) is 0 Å². The van der Waals surface area contributed by atoms with E-state index >= 15 is 0 Å². The SMILES string of the molecule is F/C(OSCc1ccccc1)=C(/F)C(F)(F)F. The topological polar surface area (TPSA) is 9.23 Å². The number of hydrogen-bond donors (Lipinski definition) is 0. The maximum Gasteiger partial charge on any atom is 0.449 e. The van der Waals surface area contributed by atoms with Crippen LogP contribution in [0.2, 0.25) is 0 Å². The Balaban J connectivity index is 2.47. The van der Waals surface area contributed by atoms with Gasteiger partial charge in [0.25, 0.3) is 5.83 Å². The molecule has 0 aliphatic carbocycles. The first-order valence-corrected chi connectivity index (χ1v) is 5.28. The number of rotatable bonds is 4. The molecule has 0 amide bonds. The van der Waals surface area contributed by atoms with Crippen molar-refractivity contribution < 1.29 is 26.1 Å². The lowest BCUT2D eigenvalue weighted by Gasteiger charge is -2.05. The maximum atomic E-state index is 12.5. The minimum absolute atomic E-state index is 0.111. The van der Waals surface area contributed by atoms with E-state index in [0.717, 1.165) is 5.56 Å². The van der Waals surface area contributed by atoms with Crippen LogP contribution >= 0.6 is 12.0 Å². The average Bonchev–Trinajstić information content (AvgIpc) is 2.28. The molecule has 0 radical (unpaired) electrons. The molecule has 17 heavy (non-hydrogen) atoms. The van der Waals surface area contributed by atoms with Crippen molar-refractivity contribution in [3.63, 3.8) is 0 Å². The van der Waals surface area contributed by atoms with Crippen LogP contribution in [0, 0.1) is 0 Å². The van der Waals surface area contributed by atoms with Crippen LogP contribution < -0.4 is 0 Å². The third-order valence-electron chi connectivity index (χ3n) is 1.62. The van der Waals surface area contributed by atoms with Crippen molar-refractivity contribution in [3.8, 4) is 0 Å². The average molecular weight is 270 g/mol. The molecule has 0 atom stereocenters. The van der Waals surface area contributed by atoms with Crippen molar-refractivity contribution in [2.24, 2.45) is 0 Å². The summed E-state index contributed by atoms with van der Waals surface area (Å²) < 4.78 is 63.8. The molecular formula is C10H7F5OS. The van der Waals surface area contributed by atoms with Gasteiger partial charge in [0.15, 0.2) is 0 Å². The summed E-state index contributed by atoms with van der Waals surface area (Å²) >= 11 is 0.386. The van der Waals surface area contributed by atoms with E-state index in [1.807, 2.05) is 0 Å². The fraction of sp³-hybridized carbons (Fsp3) is 0.200. The molecule has 0 aliphatic heterocycles. The lowest BCUT2D eigenvalue weighted by molar-refractivity contribution is -0.113. The van der Waals surface area contributed by atoms with E-state index in [2.05, 4.69) is 4.18 Å². The van der Waals surface area contributed by atoms with Crippen LogP contribution in [-0.2, 0) is 9.94 Å². The van der Waals surface area contributed by atoms with Gasteiger partial charge in [-0.2, -0.15) is 22.0 Å². The third kappa shape index (κ3) is 4.64. The smallest absolute Gasteiger partial charge is 0.394 e. The fourth-order valence-electron chi connectivity index (χ4n) is 0.871. The van der Waals surface area contributed by atoms with Crippen molar-refractivity contribution in [1.29, 1.82) is 0 Å². The zero-order valence-electron chi connectivity index (χ0n) is 8.30. The normalized spacial score (nSPS) is 13.2. The van der Waals surface area contributed by atoms with Crippen molar-refractivity contribution in [2.45, 2.75) is 11.9 Å². The van der Waals surface area contributed by atoms with Crippen LogP contribution in [0.4, 0.5) is 22.0 Å². The van der Waals surface area contributed by atoms with Crippen LogP contribution in [0.1, 0.15) is 5.56 Å². The zero-order valence-corrected chi connectivity index (χ0v) is 9.12. The Labute approximate surface area is 98.5 Å². The highest BCUT2D eigenvalue weighted by Gasteiger charge is 2.39. The van der Waals surface area contributed by atoms with Gasteiger partial charge in [0.2, 0.25) is 0 Å². The van der Waals surface area contributed by atoms with Crippen LogP contribution in [-0.4, -0.2) is 6.18 Å². The molecule has 0 heterocycles. The van der Waals surface area contributed by atoms with Crippen molar-refractivity contribution in [1.82, 2.24) is 0 Å². The highest BCUT2D eigenvalue weighted by molar-refractivity contribution is 7.93. The predicted molar refractivity (Wildman–Crippen MR) is 54.1 cm³/mol. The summed E-state index contributed by atoms with van der Waals surface area (Å²) in [6.45, 7) is 0.